The minimum Gasteiger partial charge on any atom is -0.398 e. The van der Waals surface area contributed by atoms with Crippen molar-refractivity contribution in [1.82, 2.24) is 0 Å². The monoisotopic (exact) mass is 326 g/mol. The van der Waals surface area contributed by atoms with Crippen LogP contribution in [0.5, 0.6) is 0 Å². The number of hydrogen-bond donors (Lipinski definition) is 2. The topological polar surface area (TPSA) is 86.2 Å². The average Bonchev–Trinajstić information content (AvgIpc) is 3.06. The van der Waals surface area contributed by atoms with Crippen molar-refractivity contribution in [3.63, 3.8) is 0 Å². The highest BCUT2D eigenvalue weighted by atomic mass is 32.2. The summed E-state index contributed by atoms with van der Waals surface area (Å²) < 4.78 is 0.658. The number of fused-ring (bicyclic) bond motifs is 2. The predicted molar refractivity (Wildman–Crippen MR) is 89.1 cm³/mol. The molecule has 1 aliphatic carbocycles. The van der Waals surface area contributed by atoms with Crippen LogP contribution in [0.1, 0.15) is 20.7 Å². The second-order valence-corrected chi connectivity index (χ2v) is 7.27. The highest BCUT2D eigenvalue weighted by molar-refractivity contribution is 8.25. The number of Topliss-reactive ketones (excluding diaryl/α,β-unsaturated/α-hetero) is 2. The van der Waals surface area contributed by atoms with E-state index in [1.165, 1.54) is 23.5 Å². The number of carbonyl (C=O) groups is 2. The molecule has 4 rings (SSSR count). The van der Waals surface area contributed by atoms with Crippen molar-refractivity contribution >= 4 is 46.5 Å². The fourth-order valence-electron chi connectivity index (χ4n) is 2.55. The summed E-state index contributed by atoms with van der Waals surface area (Å²) >= 11 is 2.70. The van der Waals surface area contributed by atoms with E-state index in [0.29, 0.717) is 26.7 Å². The molecule has 4 nitrogen and oxygen atoms in total. The van der Waals surface area contributed by atoms with Gasteiger partial charge in [0.15, 0.2) is 11.6 Å². The summed E-state index contributed by atoms with van der Waals surface area (Å²) in [6.45, 7) is 0. The quantitative estimate of drug-likeness (QED) is 0.439. The lowest BCUT2D eigenvalue weighted by atomic mass is 10.1. The summed E-state index contributed by atoms with van der Waals surface area (Å²) in [5, 5.41) is 0. The van der Waals surface area contributed by atoms with E-state index in [-0.39, 0.29) is 17.1 Å². The van der Waals surface area contributed by atoms with Gasteiger partial charge in [0.1, 0.15) is 0 Å². The molecule has 0 saturated heterocycles. The first-order valence-corrected chi connectivity index (χ1v) is 8.17. The van der Waals surface area contributed by atoms with Crippen molar-refractivity contribution in [2.45, 2.75) is 9.79 Å². The highest BCUT2D eigenvalue weighted by Gasteiger charge is 2.38. The third-order valence-electron chi connectivity index (χ3n) is 3.64. The zero-order chi connectivity index (χ0) is 15.4. The van der Waals surface area contributed by atoms with Crippen LogP contribution >= 0.6 is 23.5 Å². The molecule has 4 N–H and O–H groups in total. The molecule has 0 aromatic heterocycles. The van der Waals surface area contributed by atoms with Crippen LogP contribution < -0.4 is 11.5 Å². The Morgan fingerprint density at radius 1 is 0.727 bits per heavy atom. The zero-order valence-electron chi connectivity index (χ0n) is 11.3. The van der Waals surface area contributed by atoms with Gasteiger partial charge in [-0.3, -0.25) is 9.59 Å². The van der Waals surface area contributed by atoms with Crippen LogP contribution in [0.2, 0.25) is 0 Å². The lowest BCUT2D eigenvalue weighted by Gasteiger charge is -2.02. The number of ketones is 2. The van der Waals surface area contributed by atoms with Gasteiger partial charge in [-0.2, -0.15) is 0 Å². The first-order valence-electron chi connectivity index (χ1n) is 6.54. The summed E-state index contributed by atoms with van der Waals surface area (Å²) in [5.41, 5.74) is 14.3. The van der Waals surface area contributed by atoms with E-state index < -0.39 is 0 Å². The summed E-state index contributed by atoms with van der Waals surface area (Å²) in [6, 6.07) is 10.4. The number of benzene rings is 2. The first kappa shape index (κ1) is 13.5. The van der Waals surface area contributed by atoms with Crippen LogP contribution in [0.4, 0.5) is 11.4 Å². The van der Waals surface area contributed by atoms with E-state index >= 15 is 0 Å². The normalized spacial score (nSPS) is 16.2. The van der Waals surface area contributed by atoms with Crippen molar-refractivity contribution < 1.29 is 9.59 Å². The lowest BCUT2D eigenvalue weighted by molar-refractivity contribution is 0.0989. The molecule has 108 valence electrons. The molecular formula is C16H10N2O2S2. The number of rotatable bonds is 0. The van der Waals surface area contributed by atoms with Gasteiger partial charge in [-0.1, -0.05) is 47.8 Å². The van der Waals surface area contributed by atoms with E-state index in [4.69, 9.17) is 11.5 Å². The predicted octanol–water partition coefficient (Wildman–Crippen LogP) is 3.34. The standard InChI is InChI=1S/C16H10N2O2S2/c17-9-5-6-10(18)15-14(9)21-16(22-15)11-12(19)7-3-1-2-4-8(7)13(11)20/h1-6H,17-18H2. The Balaban J connectivity index is 1.86. The third kappa shape index (κ3) is 1.74. The van der Waals surface area contributed by atoms with Gasteiger partial charge in [0.05, 0.1) is 19.6 Å². The van der Waals surface area contributed by atoms with Gasteiger partial charge in [0.25, 0.3) is 0 Å². The van der Waals surface area contributed by atoms with E-state index in [2.05, 4.69) is 0 Å². The molecule has 2 aromatic carbocycles. The lowest BCUT2D eigenvalue weighted by Crippen LogP contribution is -2.01. The molecule has 1 heterocycles. The van der Waals surface area contributed by atoms with E-state index in [9.17, 15) is 9.59 Å². The molecule has 2 aliphatic rings. The fraction of sp³-hybridized carbons (Fsp3) is 0. The molecule has 0 saturated carbocycles. The molecule has 0 radical (unpaired) electrons. The van der Waals surface area contributed by atoms with Crippen molar-refractivity contribution in [2.75, 3.05) is 11.5 Å². The molecule has 0 amide bonds. The number of hydrogen-bond acceptors (Lipinski definition) is 6. The number of carbonyl (C=O) groups excluding carboxylic acids is 2. The van der Waals surface area contributed by atoms with Crippen LogP contribution in [0.15, 0.2) is 56.0 Å². The van der Waals surface area contributed by atoms with Crippen LogP contribution in [0.3, 0.4) is 0 Å². The van der Waals surface area contributed by atoms with Crippen LogP contribution in [0.25, 0.3) is 0 Å². The van der Waals surface area contributed by atoms with Crippen molar-refractivity contribution in [3.05, 3.63) is 57.3 Å². The minimum absolute atomic E-state index is 0.222. The molecule has 22 heavy (non-hydrogen) atoms. The highest BCUT2D eigenvalue weighted by Crippen LogP contribution is 2.57. The average molecular weight is 326 g/mol. The Morgan fingerprint density at radius 3 is 1.64 bits per heavy atom. The number of anilines is 2. The van der Waals surface area contributed by atoms with Gasteiger partial charge in [-0.05, 0) is 12.1 Å². The summed E-state index contributed by atoms with van der Waals surface area (Å²) in [7, 11) is 0. The maximum atomic E-state index is 12.5. The molecule has 6 heteroatoms. The molecular weight excluding hydrogens is 316 g/mol. The Hall–Kier alpha value is -2.18. The summed E-state index contributed by atoms with van der Waals surface area (Å²) in [6.07, 6.45) is 0. The second-order valence-electron chi connectivity index (χ2n) is 4.97. The van der Waals surface area contributed by atoms with Gasteiger partial charge in [-0.15, -0.1) is 0 Å². The van der Waals surface area contributed by atoms with E-state index in [1.807, 2.05) is 0 Å². The van der Waals surface area contributed by atoms with E-state index in [0.717, 1.165) is 9.79 Å². The Bertz CT molecular complexity index is 833. The largest absolute Gasteiger partial charge is 0.398 e. The number of thioether (sulfide) groups is 2. The molecule has 0 spiro atoms. The van der Waals surface area contributed by atoms with Gasteiger partial charge in [-0.25, -0.2) is 0 Å². The summed E-state index contributed by atoms with van der Waals surface area (Å²) in [4.78, 5) is 26.7. The molecule has 0 bridgehead atoms. The first-order chi connectivity index (χ1) is 10.6. The fourth-order valence-corrected chi connectivity index (χ4v) is 5.20. The van der Waals surface area contributed by atoms with Gasteiger partial charge in [0, 0.05) is 22.5 Å². The Labute approximate surface area is 134 Å². The maximum absolute atomic E-state index is 12.5. The van der Waals surface area contributed by atoms with Gasteiger partial charge in [0.2, 0.25) is 0 Å². The van der Waals surface area contributed by atoms with Crippen molar-refractivity contribution in [1.29, 1.82) is 0 Å². The SMILES string of the molecule is Nc1ccc(N)c2c1SC(=C1C(=O)c3ccccc3C1=O)S2. The minimum atomic E-state index is -0.222. The number of nitrogens with two attached hydrogens (primary N) is 2. The van der Waals surface area contributed by atoms with E-state index in [1.54, 1.807) is 36.4 Å². The van der Waals surface area contributed by atoms with Crippen LogP contribution in [0, 0.1) is 0 Å². The second kappa shape index (κ2) is 4.66. The van der Waals surface area contributed by atoms with Gasteiger partial charge >= 0.3 is 0 Å². The number of allylic oxidation sites excluding steroid dienone is 1. The molecule has 1 aliphatic heterocycles. The summed E-state index contributed by atoms with van der Waals surface area (Å²) in [5.74, 6) is -0.443. The third-order valence-corrected chi connectivity index (χ3v) is 6.33. The number of nitrogen functional groups attached to an aromatic ring is 2. The Morgan fingerprint density at radius 2 is 1.18 bits per heavy atom. The maximum Gasteiger partial charge on any atom is 0.199 e. The van der Waals surface area contributed by atoms with Crippen LogP contribution in [-0.2, 0) is 0 Å². The Kier molecular flexibility index (Phi) is 2.85. The molecule has 0 unspecified atom stereocenters. The molecule has 0 atom stereocenters. The molecule has 0 fully saturated rings. The zero-order valence-corrected chi connectivity index (χ0v) is 12.9. The van der Waals surface area contributed by atoms with Gasteiger partial charge < -0.3 is 11.5 Å². The van der Waals surface area contributed by atoms with Crippen LogP contribution in [-0.4, -0.2) is 11.6 Å². The van der Waals surface area contributed by atoms with Crippen molar-refractivity contribution in [2.24, 2.45) is 0 Å². The van der Waals surface area contributed by atoms with Crippen molar-refractivity contribution in [3.8, 4) is 0 Å². The molecule has 2 aromatic rings. The smallest absolute Gasteiger partial charge is 0.199 e.